The largest absolute Gasteiger partial charge is 0.490 e. The third kappa shape index (κ3) is 4.66. The first-order chi connectivity index (χ1) is 12.1. The van der Waals surface area contributed by atoms with E-state index in [-0.39, 0.29) is 11.4 Å². The molecule has 25 heavy (non-hydrogen) atoms. The van der Waals surface area contributed by atoms with Crippen molar-refractivity contribution in [2.45, 2.75) is 19.3 Å². The smallest absolute Gasteiger partial charge is 0.268 e. The fourth-order valence-corrected chi connectivity index (χ4v) is 3.15. The van der Waals surface area contributed by atoms with E-state index in [9.17, 15) is 9.18 Å². The summed E-state index contributed by atoms with van der Waals surface area (Å²) in [6.07, 6.45) is 6.00. The number of benzene rings is 1. The molecule has 0 radical (unpaired) electrons. The molecule has 3 rings (SSSR count). The first kappa shape index (κ1) is 17.6. The Morgan fingerprint density at radius 3 is 2.76 bits per heavy atom. The van der Waals surface area contributed by atoms with E-state index in [4.69, 9.17) is 4.74 Å². The molecule has 1 aromatic heterocycles. The van der Waals surface area contributed by atoms with Gasteiger partial charge in [-0.1, -0.05) is 12.1 Å². The van der Waals surface area contributed by atoms with E-state index >= 15 is 0 Å². The Labute approximate surface area is 147 Å². The van der Waals surface area contributed by atoms with Crippen LogP contribution in [0.1, 0.15) is 18.5 Å². The van der Waals surface area contributed by atoms with Gasteiger partial charge in [0.2, 0.25) is 0 Å². The molecule has 2 heterocycles. The minimum atomic E-state index is -0.304. The van der Waals surface area contributed by atoms with Gasteiger partial charge in [0.05, 0.1) is 12.8 Å². The third-order valence-electron chi connectivity index (χ3n) is 4.87. The molecule has 0 bridgehead atoms. The molecule has 0 spiro atoms. The number of ether oxygens (including phenoxy) is 1. The van der Waals surface area contributed by atoms with E-state index in [1.165, 1.54) is 12.3 Å². The molecule has 0 unspecified atom stereocenters. The topological polar surface area (TPSA) is 47.4 Å². The molecule has 1 aliphatic rings. The summed E-state index contributed by atoms with van der Waals surface area (Å²) in [5.41, 5.74) is 0.888. The van der Waals surface area contributed by atoms with Crippen molar-refractivity contribution in [3.05, 3.63) is 58.5 Å². The van der Waals surface area contributed by atoms with Gasteiger partial charge in [0, 0.05) is 31.9 Å². The number of likely N-dealkylation sites (tertiary alicyclic amines) is 1. The molecule has 2 aromatic rings. The molecule has 0 aliphatic carbocycles. The van der Waals surface area contributed by atoms with Gasteiger partial charge in [-0.15, -0.1) is 0 Å². The second-order valence-electron chi connectivity index (χ2n) is 6.57. The number of piperidine rings is 1. The number of nitrogens with zero attached hydrogens (tertiary/aromatic N) is 3. The molecular formula is C19H24FN3O2. The van der Waals surface area contributed by atoms with Gasteiger partial charge in [-0.25, -0.2) is 4.39 Å². The van der Waals surface area contributed by atoms with Gasteiger partial charge in [0.1, 0.15) is 0 Å². The summed E-state index contributed by atoms with van der Waals surface area (Å²) in [7, 11) is 1.78. The van der Waals surface area contributed by atoms with E-state index in [2.05, 4.69) is 9.88 Å². The van der Waals surface area contributed by atoms with Crippen LogP contribution in [-0.4, -0.2) is 40.7 Å². The summed E-state index contributed by atoms with van der Waals surface area (Å²) in [4.78, 5) is 18.0. The number of hydrogen-bond donors (Lipinski definition) is 0. The molecule has 0 saturated carbocycles. The monoisotopic (exact) mass is 345 g/mol. The predicted molar refractivity (Wildman–Crippen MR) is 94.2 cm³/mol. The van der Waals surface area contributed by atoms with Crippen LogP contribution in [-0.2, 0) is 13.5 Å². The minimum absolute atomic E-state index is 0.0681. The van der Waals surface area contributed by atoms with Crippen molar-refractivity contribution < 1.29 is 9.13 Å². The maximum absolute atomic E-state index is 13.6. The SMILES string of the molecule is Cn1c(CCN2CCC(COc3ccccc3F)CC2)cncc1=O. The first-order valence-electron chi connectivity index (χ1n) is 8.73. The molecule has 1 fully saturated rings. The van der Waals surface area contributed by atoms with Crippen LogP contribution in [0.15, 0.2) is 41.5 Å². The van der Waals surface area contributed by atoms with Crippen LogP contribution < -0.4 is 10.3 Å². The minimum Gasteiger partial charge on any atom is -0.490 e. The molecule has 5 nitrogen and oxygen atoms in total. The highest BCUT2D eigenvalue weighted by molar-refractivity contribution is 5.23. The van der Waals surface area contributed by atoms with Crippen molar-refractivity contribution in [1.29, 1.82) is 0 Å². The zero-order valence-electron chi connectivity index (χ0n) is 14.5. The average Bonchev–Trinajstić information content (AvgIpc) is 2.63. The lowest BCUT2D eigenvalue weighted by molar-refractivity contribution is 0.139. The van der Waals surface area contributed by atoms with Gasteiger partial charge in [-0.2, -0.15) is 0 Å². The van der Waals surface area contributed by atoms with Crippen LogP contribution in [0.25, 0.3) is 0 Å². The Hall–Kier alpha value is -2.21. The zero-order valence-corrected chi connectivity index (χ0v) is 14.5. The zero-order chi connectivity index (χ0) is 17.6. The lowest BCUT2D eigenvalue weighted by atomic mass is 9.97. The number of hydrogen-bond acceptors (Lipinski definition) is 4. The highest BCUT2D eigenvalue weighted by Crippen LogP contribution is 2.21. The van der Waals surface area contributed by atoms with Crippen LogP contribution in [0.3, 0.4) is 0 Å². The molecule has 1 aliphatic heterocycles. The molecule has 1 saturated heterocycles. The van der Waals surface area contributed by atoms with Crippen molar-refractivity contribution in [2.24, 2.45) is 13.0 Å². The van der Waals surface area contributed by atoms with Crippen LogP contribution >= 0.6 is 0 Å². The molecule has 0 N–H and O–H groups in total. The highest BCUT2D eigenvalue weighted by Gasteiger charge is 2.20. The third-order valence-corrected chi connectivity index (χ3v) is 4.87. The highest BCUT2D eigenvalue weighted by atomic mass is 19.1. The average molecular weight is 345 g/mol. The fraction of sp³-hybridized carbons (Fsp3) is 0.474. The number of para-hydroxylation sites is 1. The van der Waals surface area contributed by atoms with Crippen molar-refractivity contribution in [2.75, 3.05) is 26.2 Å². The van der Waals surface area contributed by atoms with Crippen LogP contribution in [0.4, 0.5) is 4.39 Å². The van der Waals surface area contributed by atoms with E-state index in [0.29, 0.717) is 18.3 Å². The van der Waals surface area contributed by atoms with Gasteiger partial charge in [0.25, 0.3) is 5.56 Å². The van der Waals surface area contributed by atoms with E-state index in [1.54, 1.807) is 36.0 Å². The summed E-state index contributed by atoms with van der Waals surface area (Å²) in [6.45, 7) is 3.48. The molecule has 6 heteroatoms. The summed E-state index contributed by atoms with van der Waals surface area (Å²) >= 11 is 0. The Bertz CT molecular complexity index is 754. The second kappa shape index (κ2) is 8.25. The Kier molecular flexibility index (Phi) is 5.81. The normalized spacial score (nSPS) is 16.1. The van der Waals surface area contributed by atoms with Crippen molar-refractivity contribution in [3.63, 3.8) is 0 Å². The summed E-state index contributed by atoms with van der Waals surface area (Å²) in [6, 6.07) is 6.54. The van der Waals surface area contributed by atoms with Crippen molar-refractivity contribution >= 4 is 0 Å². The molecule has 0 amide bonds. The van der Waals surface area contributed by atoms with E-state index < -0.39 is 0 Å². The van der Waals surface area contributed by atoms with Crippen LogP contribution in [0, 0.1) is 11.7 Å². The fourth-order valence-electron chi connectivity index (χ4n) is 3.15. The lowest BCUT2D eigenvalue weighted by Crippen LogP contribution is -2.37. The van der Waals surface area contributed by atoms with E-state index in [1.807, 2.05) is 0 Å². The van der Waals surface area contributed by atoms with Crippen LogP contribution in [0.2, 0.25) is 0 Å². The number of rotatable bonds is 6. The number of halogens is 1. The molecule has 0 atom stereocenters. The maximum atomic E-state index is 13.6. The van der Waals surface area contributed by atoms with Crippen molar-refractivity contribution in [3.8, 4) is 5.75 Å². The van der Waals surface area contributed by atoms with Gasteiger partial charge >= 0.3 is 0 Å². The second-order valence-corrected chi connectivity index (χ2v) is 6.57. The lowest BCUT2D eigenvalue weighted by Gasteiger charge is -2.31. The van der Waals surface area contributed by atoms with Crippen molar-refractivity contribution in [1.82, 2.24) is 14.5 Å². The molecular weight excluding hydrogens is 321 g/mol. The van der Waals surface area contributed by atoms with Gasteiger partial charge < -0.3 is 14.2 Å². The first-order valence-corrected chi connectivity index (χ1v) is 8.73. The molecule has 134 valence electrons. The van der Waals surface area contributed by atoms with Gasteiger partial charge in [-0.05, 0) is 44.0 Å². The number of aromatic nitrogens is 2. The van der Waals surface area contributed by atoms with Crippen LogP contribution in [0.5, 0.6) is 5.75 Å². The quantitative estimate of drug-likeness (QED) is 0.806. The van der Waals surface area contributed by atoms with E-state index in [0.717, 1.165) is 44.6 Å². The predicted octanol–water partition coefficient (Wildman–Crippen LogP) is 2.25. The van der Waals surface area contributed by atoms with Gasteiger partial charge in [-0.3, -0.25) is 9.78 Å². The maximum Gasteiger partial charge on any atom is 0.268 e. The summed E-state index contributed by atoms with van der Waals surface area (Å²) in [5, 5.41) is 0. The Morgan fingerprint density at radius 1 is 1.24 bits per heavy atom. The summed E-state index contributed by atoms with van der Waals surface area (Å²) < 4.78 is 20.9. The summed E-state index contributed by atoms with van der Waals surface area (Å²) in [5.74, 6) is 0.489. The molecule has 1 aromatic carbocycles. The van der Waals surface area contributed by atoms with Gasteiger partial charge in [0.15, 0.2) is 11.6 Å². The Morgan fingerprint density at radius 2 is 2.00 bits per heavy atom. The Balaban J connectivity index is 1.42. The standard InChI is InChI=1S/C19H24FN3O2/c1-22-16(12-21-13-19(22)24)8-11-23-9-6-15(7-10-23)14-25-18-5-3-2-4-17(18)20/h2-5,12-13,15H,6-11,14H2,1H3.